The summed E-state index contributed by atoms with van der Waals surface area (Å²) in [6.45, 7) is -1.78. The molecule has 4 atom stereocenters. The summed E-state index contributed by atoms with van der Waals surface area (Å²) >= 11 is 5.83. The third-order valence-corrected chi connectivity index (χ3v) is 5.13. The molecule has 1 aromatic heterocycles. The smallest absolute Gasteiger partial charge is 0.164 e. The van der Waals surface area contributed by atoms with E-state index in [4.69, 9.17) is 26.2 Å². The molecule has 0 saturated heterocycles. The van der Waals surface area contributed by atoms with Gasteiger partial charge in [0.05, 0.1) is 30.9 Å². The predicted molar refractivity (Wildman–Crippen MR) is 116 cm³/mol. The lowest BCUT2D eigenvalue weighted by molar-refractivity contribution is -0.0981. The molecule has 0 radical (unpaired) electrons. The van der Waals surface area contributed by atoms with Crippen molar-refractivity contribution in [2.24, 2.45) is 0 Å². The minimum absolute atomic E-state index is 0.0455. The molecular weight excluding hydrogens is 464 g/mol. The minimum atomic E-state index is -2.13. The molecule has 0 fully saturated rings. The number of ether oxygens (including phenoxy) is 2. The average Bonchev–Trinajstić information content (AvgIpc) is 2.83. The maximum Gasteiger partial charge on any atom is 0.164 e. The van der Waals surface area contributed by atoms with Gasteiger partial charge in [0, 0.05) is 17.1 Å². The first-order chi connectivity index (χ1) is 15.8. The number of hydrogen-bond acceptors (Lipinski definition) is 9. The Kier molecular flexibility index (Phi) is 8.16. The Balaban J connectivity index is 1.93. The molecule has 9 nitrogen and oxygen atoms in total. The van der Waals surface area contributed by atoms with Crippen molar-refractivity contribution in [2.75, 3.05) is 25.6 Å². The van der Waals surface area contributed by atoms with Crippen LogP contribution in [-0.2, 0) is 0 Å². The van der Waals surface area contributed by atoms with E-state index in [1.54, 1.807) is 0 Å². The number of halogens is 3. The highest BCUT2D eigenvalue weighted by molar-refractivity contribution is 6.31. The zero-order chi connectivity index (χ0) is 24.1. The number of rotatable bonds is 10. The number of methoxy groups -OCH3 is 1. The van der Waals surface area contributed by atoms with E-state index in [2.05, 4.69) is 15.3 Å². The first-order valence-corrected chi connectivity index (χ1v) is 10.1. The van der Waals surface area contributed by atoms with Crippen molar-refractivity contribution in [3.05, 3.63) is 47.5 Å². The van der Waals surface area contributed by atoms with Crippen LogP contribution in [0.3, 0.4) is 0 Å². The first-order valence-electron chi connectivity index (χ1n) is 9.72. The number of aliphatic hydroxyl groups is 4. The van der Waals surface area contributed by atoms with Crippen molar-refractivity contribution < 1.29 is 38.7 Å². The molecule has 0 unspecified atom stereocenters. The molecule has 0 aliphatic heterocycles. The van der Waals surface area contributed by atoms with Crippen LogP contribution >= 0.6 is 11.6 Å². The van der Waals surface area contributed by atoms with Crippen molar-refractivity contribution in [1.29, 1.82) is 0 Å². The highest BCUT2D eigenvalue weighted by Gasteiger charge is 2.34. The van der Waals surface area contributed by atoms with E-state index < -0.39 is 43.5 Å². The quantitative estimate of drug-likeness (QED) is 0.292. The van der Waals surface area contributed by atoms with Crippen LogP contribution in [0.5, 0.6) is 11.5 Å². The fourth-order valence-electron chi connectivity index (χ4n) is 3.05. The fraction of sp³-hybridized carbons (Fsp3) is 0.333. The summed E-state index contributed by atoms with van der Waals surface area (Å²) in [5, 5.41) is 41.8. The molecule has 33 heavy (non-hydrogen) atoms. The van der Waals surface area contributed by atoms with Gasteiger partial charge in [0.1, 0.15) is 30.2 Å². The molecule has 0 aliphatic rings. The monoisotopic (exact) mass is 485 g/mol. The van der Waals surface area contributed by atoms with Gasteiger partial charge in [0.25, 0.3) is 0 Å². The molecule has 12 heteroatoms. The highest BCUT2D eigenvalue weighted by atomic mass is 35.5. The van der Waals surface area contributed by atoms with Crippen LogP contribution in [0.15, 0.2) is 36.7 Å². The van der Waals surface area contributed by atoms with Crippen molar-refractivity contribution in [2.45, 2.75) is 24.5 Å². The number of hydrogen-bond donors (Lipinski definition) is 5. The van der Waals surface area contributed by atoms with E-state index in [0.29, 0.717) is 22.4 Å². The van der Waals surface area contributed by atoms with Gasteiger partial charge in [-0.3, -0.25) is 0 Å². The summed E-state index contributed by atoms with van der Waals surface area (Å²) in [5.41, 5.74) is 0.852. The molecule has 1 heterocycles. The number of alkyl halides is 1. The van der Waals surface area contributed by atoms with E-state index in [1.165, 1.54) is 43.8 Å². The summed E-state index contributed by atoms with van der Waals surface area (Å²) < 4.78 is 37.9. The van der Waals surface area contributed by atoms with Crippen molar-refractivity contribution in [3.63, 3.8) is 0 Å². The molecule has 3 aromatic rings. The van der Waals surface area contributed by atoms with Gasteiger partial charge in [-0.2, -0.15) is 0 Å². The van der Waals surface area contributed by atoms with Gasteiger partial charge in [0.15, 0.2) is 23.8 Å². The summed E-state index contributed by atoms with van der Waals surface area (Å²) in [5.74, 6) is -0.00675. The Hall–Kier alpha value is -2.83. The Bertz CT molecular complexity index is 1110. The molecule has 0 amide bonds. The standard InChI is InChI=1S/C21H22ClF2N3O6/c1-32-16-5-11-15(6-17(16)33-18(8-29)20(31)19(30)14(24)7-28)25-9-26-21(11)27-10-2-3-13(23)12(22)4-10/h2-6,9,14,18-20,28-31H,7-8H2,1H3,(H,25,26,27)/t14-,18-,19+,20+/m1/s1. The summed E-state index contributed by atoms with van der Waals surface area (Å²) in [6.07, 6.45) is -6.12. The number of anilines is 2. The summed E-state index contributed by atoms with van der Waals surface area (Å²) in [4.78, 5) is 8.35. The zero-order valence-corrected chi connectivity index (χ0v) is 18.1. The number of aromatic nitrogens is 2. The van der Waals surface area contributed by atoms with Crippen LogP contribution in [0.1, 0.15) is 0 Å². The second kappa shape index (κ2) is 10.9. The van der Waals surface area contributed by atoms with E-state index in [1.807, 2.05) is 0 Å². The van der Waals surface area contributed by atoms with Gasteiger partial charge in [0.2, 0.25) is 0 Å². The molecule has 0 bridgehead atoms. The van der Waals surface area contributed by atoms with E-state index >= 15 is 0 Å². The topological polar surface area (TPSA) is 137 Å². The maximum absolute atomic E-state index is 13.6. The van der Waals surface area contributed by atoms with Gasteiger partial charge in [-0.05, 0) is 24.3 Å². The third-order valence-electron chi connectivity index (χ3n) is 4.84. The predicted octanol–water partition coefficient (Wildman–Crippen LogP) is 1.97. The van der Waals surface area contributed by atoms with Gasteiger partial charge in [-0.15, -0.1) is 0 Å². The van der Waals surface area contributed by atoms with Crippen LogP contribution in [0.2, 0.25) is 5.02 Å². The van der Waals surface area contributed by atoms with Gasteiger partial charge in [-0.25, -0.2) is 18.7 Å². The Morgan fingerprint density at radius 3 is 2.45 bits per heavy atom. The van der Waals surface area contributed by atoms with Crippen molar-refractivity contribution in [1.82, 2.24) is 9.97 Å². The number of nitrogens with one attached hydrogen (secondary N) is 1. The molecule has 178 valence electrons. The van der Waals surface area contributed by atoms with Crippen LogP contribution in [-0.4, -0.2) is 75.2 Å². The van der Waals surface area contributed by atoms with E-state index in [9.17, 15) is 24.1 Å². The fourth-order valence-corrected chi connectivity index (χ4v) is 3.23. The van der Waals surface area contributed by atoms with Gasteiger partial charge < -0.3 is 35.2 Å². The van der Waals surface area contributed by atoms with Gasteiger partial charge in [-0.1, -0.05) is 11.6 Å². The molecule has 5 N–H and O–H groups in total. The SMILES string of the molecule is COc1cc2c(Nc3ccc(F)c(Cl)c3)ncnc2cc1O[C@H](CO)[C@H](O)[C@@H](O)[C@H](F)CO. The Morgan fingerprint density at radius 2 is 1.82 bits per heavy atom. The Labute approximate surface area is 192 Å². The summed E-state index contributed by atoms with van der Waals surface area (Å²) in [7, 11) is 1.35. The molecule has 0 aliphatic carbocycles. The number of benzene rings is 2. The lowest BCUT2D eigenvalue weighted by Crippen LogP contribution is -2.48. The molecule has 3 rings (SSSR count). The largest absolute Gasteiger partial charge is 0.493 e. The average molecular weight is 486 g/mol. The normalized spacial score (nSPS) is 15.0. The highest BCUT2D eigenvalue weighted by Crippen LogP contribution is 2.36. The Morgan fingerprint density at radius 1 is 1.06 bits per heavy atom. The molecule has 0 spiro atoms. The number of fused-ring (bicyclic) bond motifs is 1. The minimum Gasteiger partial charge on any atom is -0.493 e. The van der Waals surface area contributed by atoms with E-state index in [-0.39, 0.29) is 16.5 Å². The number of nitrogens with zero attached hydrogens (tertiary/aromatic N) is 2. The third kappa shape index (κ3) is 5.57. The molecular formula is C21H22ClF2N3O6. The lowest BCUT2D eigenvalue weighted by Gasteiger charge is -2.28. The van der Waals surface area contributed by atoms with Crippen molar-refractivity contribution >= 4 is 34.0 Å². The van der Waals surface area contributed by atoms with Gasteiger partial charge >= 0.3 is 0 Å². The maximum atomic E-state index is 13.6. The van der Waals surface area contributed by atoms with Crippen LogP contribution in [0.4, 0.5) is 20.3 Å². The second-order valence-corrected chi connectivity index (χ2v) is 7.42. The van der Waals surface area contributed by atoms with Crippen molar-refractivity contribution in [3.8, 4) is 11.5 Å². The van der Waals surface area contributed by atoms with Crippen LogP contribution in [0.25, 0.3) is 10.9 Å². The summed E-state index contributed by atoms with van der Waals surface area (Å²) in [6, 6.07) is 7.05. The zero-order valence-electron chi connectivity index (χ0n) is 17.3. The molecule has 0 saturated carbocycles. The number of aliphatic hydroxyl groups excluding tert-OH is 4. The molecule has 2 aromatic carbocycles. The second-order valence-electron chi connectivity index (χ2n) is 7.02. The lowest BCUT2D eigenvalue weighted by atomic mass is 10.0. The van der Waals surface area contributed by atoms with Crippen LogP contribution in [0, 0.1) is 5.82 Å². The van der Waals surface area contributed by atoms with E-state index in [0.717, 1.165) is 0 Å². The first kappa shape index (κ1) is 24.8. The van der Waals surface area contributed by atoms with Crippen LogP contribution < -0.4 is 14.8 Å².